The molecule has 0 radical (unpaired) electrons. The second kappa shape index (κ2) is 5.49. The van der Waals surface area contributed by atoms with E-state index < -0.39 is 5.97 Å². The van der Waals surface area contributed by atoms with Crippen molar-refractivity contribution in [3.05, 3.63) is 34.9 Å². The predicted molar refractivity (Wildman–Crippen MR) is 62.0 cm³/mol. The van der Waals surface area contributed by atoms with Crippen LogP contribution in [-0.2, 0) is 20.7 Å². The van der Waals surface area contributed by atoms with E-state index in [0.717, 1.165) is 5.56 Å². The zero-order valence-corrected chi connectivity index (χ0v) is 9.89. The van der Waals surface area contributed by atoms with E-state index in [1.165, 1.54) is 0 Å². The minimum absolute atomic E-state index is 0.0167. The van der Waals surface area contributed by atoms with Gasteiger partial charge in [-0.25, -0.2) is 0 Å². The number of hydrogen-bond donors (Lipinski definition) is 1. The van der Waals surface area contributed by atoms with Crippen molar-refractivity contribution in [1.82, 2.24) is 0 Å². The maximum Gasteiger partial charge on any atom is 0.306 e. The third kappa shape index (κ3) is 3.70. The fourth-order valence-corrected chi connectivity index (χ4v) is 1.86. The number of carboxylic acids is 1. The molecule has 5 heteroatoms. The number of ether oxygens (including phenoxy) is 2. The highest BCUT2D eigenvalue weighted by Gasteiger charge is 2.27. The maximum atomic E-state index is 10.5. The summed E-state index contributed by atoms with van der Waals surface area (Å²) >= 11 is 5.78. The summed E-state index contributed by atoms with van der Waals surface area (Å²) in [6.07, 6.45) is -0.116. The van der Waals surface area contributed by atoms with Crippen molar-refractivity contribution in [2.75, 3.05) is 6.61 Å². The summed E-state index contributed by atoms with van der Waals surface area (Å²) in [7, 11) is 0. The summed E-state index contributed by atoms with van der Waals surface area (Å²) in [6.45, 7) is 0.338. The molecule has 92 valence electrons. The lowest BCUT2D eigenvalue weighted by atomic mass is 10.1. The minimum atomic E-state index is -0.870. The lowest BCUT2D eigenvalue weighted by Gasteiger charge is -2.10. The molecular weight excluding hydrogens is 244 g/mol. The van der Waals surface area contributed by atoms with E-state index in [9.17, 15) is 4.79 Å². The van der Waals surface area contributed by atoms with Gasteiger partial charge in [0.05, 0.1) is 19.1 Å². The molecule has 1 aromatic rings. The van der Waals surface area contributed by atoms with E-state index in [1.807, 2.05) is 12.1 Å². The molecule has 0 amide bonds. The average molecular weight is 257 g/mol. The van der Waals surface area contributed by atoms with Crippen LogP contribution in [0.1, 0.15) is 12.0 Å². The van der Waals surface area contributed by atoms with Crippen molar-refractivity contribution < 1.29 is 19.4 Å². The van der Waals surface area contributed by atoms with Gasteiger partial charge >= 0.3 is 5.97 Å². The Balaban J connectivity index is 1.85. The molecule has 4 nitrogen and oxygen atoms in total. The van der Waals surface area contributed by atoms with Crippen LogP contribution in [-0.4, -0.2) is 30.1 Å². The number of aliphatic carboxylic acids is 1. The van der Waals surface area contributed by atoms with Gasteiger partial charge in [0.2, 0.25) is 0 Å². The highest BCUT2D eigenvalue weighted by molar-refractivity contribution is 6.30. The van der Waals surface area contributed by atoms with Crippen LogP contribution in [0, 0.1) is 0 Å². The van der Waals surface area contributed by atoms with E-state index in [0.29, 0.717) is 18.1 Å². The standard InChI is InChI=1S/C12H13ClO4/c13-9-3-1-8(2-4-9)5-12-16-7-10(17-12)6-11(14)15/h1-4,10,12H,5-7H2,(H,14,15). The van der Waals surface area contributed by atoms with Gasteiger partial charge in [-0.05, 0) is 17.7 Å². The Bertz CT molecular complexity index is 390. The monoisotopic (exact) mass is 256 g/mol. The van der Waals surface area contributed by atoms with E-state index in [4.69, 9.17) is 26.2 Å². The zero-order chi connectivity index (χ0) is 12.3. The first-order valence-electron chi connectivity index (χ1n) is 5.37. The molecule has 1 fully saturated rings. The van der Waals surface area contributed by atoms with Crippen LogP contribution in [0.4, 0.5) is 0 Å². The Morgan fingerprint density at radius 3 is 2.76 bits per heavy atom. The van der Waals surface area contributed by atoms with Gasteiger partial charge in [0.1, 0.15) is 0 Å². The fraction of sp³-hybridized carbons (Fsp3) is 0.417. The first kappa shape index (κ1) is 12.4. The topological polar surface area (TPSA) is 55.8 Å². The van der Waals surface area contributed by atoms with Crippen molar-refractivity contribution >= 4 is 17.6 Å². The molecule has 0 aliphatic carbocycles. The van der Waals surface area contributed by atoms with Crippen LogP contribution in [0.2, 0.25) is 5.02 Å². The molecule has 2 atom stereocenters. The largest absolute Gasteiger partial charge is 0.481 e. The van der Waals surface area contributed by atoms with Crippen molar-refractivity contribution in [2.24, 2.45) is 0 Å². The van der Waals surface area contributed by atoms with Crippen LogP contribution in [0.3, 0.4) is 0 Å². The molecule has 0 saturated carbocycles. The Kier molecular flexibility index (Phi) is 3.99. The van der Waals surface area contributed by atoms with Crippen molar-refractivity contribution in [2.45, 2.75) is 25.2 Å². The third-order valence-corrected chi connectivity index (χ3v) is 2.78. The normalized spacial score (nSPS) is 23.8. The lowest BCUT2D eigenvalue weighted by molar-refractivity contribution is -0.140. The van der Waals surface area contributed by atoms with Gasteiger partial charge in [-0.2, -0.15) is 0 Å². The van der Waals surface area contributed by atoms with Gasteiger partial charge in [-0.3, -0.25) is 4.79 Å². The second-order valence-corrected chi connectivity index (χ2v) is 4.39. The van der Waals surface area contributed by atoms with E-state index >= 15 is 0 Å². The molecule has 1 saturated heterocycles. The molecule has 17 heavy (non-hydrogen) atoms. The zero-order valence-electron chi connectivity index (χ0n) is 9.14. The number of halogens is 1. The molecule has 0 bridgehead atoms. The summed E-state index contributed by atoms with van der Waals surface area (Å²) in [6, 6.07) is 7.42. The number of carboxylic acid groups (broad SMARTS) is 1. The molecule has 0 spiro atoms. The quantitative estimate of drug-likeness (QED) is 0.896. The molecule has 2 unspecified atom stereocenters. The summed E-state index contributed by atoms with van der Waals surface area (Å²) in [5, 5.41) is 9.32. The predicted octanol–water partition coefficient (Wildman–Crippen LogP) is 2.10. The number of rotatable bonds is 4. The SMILES string of the molecule is O=C(O)CC1COC(Cc2ccc(Cl)cc2)O1. The smallest absolute Gasteiger partial charge is 0.306 e. The number of carbonyl (C=O) groups is 1. The van der Waals surface area contributed by atoms with E-state index in [1.54, 1.807) is 12.1 Å². The number of hydrogen-bond acceptors (Lipinski definition) is 3. The Hall–Kier alpha value is -1.10. The Morgan fingerprint density at radius 1 is 1.41 bits per heavy atom. The fourth-order valence-electron chi connectivity index (χ4n) is 1.73. The maximum absolute atomic E-state index is 10.5. The van der Waals surface area contributed by atoms with Crippen molar-refractivity contribution in [3.63, 3.8) is 0 Å². The molecule has 1 aliphatic rings. The summed E-state index contributed by atoms with van der Waals surface area (Å²) in [5.74, 6) is -0.870. The summed E-state index contributed by atoms with van der Waals surface area (Å²) in [5.41, 5.74) is 1.05. The van der Waals surface area contributed by atoms with Crippen LogP contribution >= 0.6 is 11.6 Å². The average Bonchev–Trinajstić information content (AvgIpc) is 2.68. The van der Waals surface area contributed by atoms with Crippen LogP contribution in [0.5, 0.6) is 0 Å². The molecule has 2 rings (SSSR count). The molecule has 1 aliphatic heterocycles. The van der Waals surface area contributed by atoms with E-state index in [-0.39, 0.29) is 18.8 Å². The van der Waals surface area contributed by atoms with Gasteiger partial charge in [0.25, 0.3) is 0 Å². The van der Waals surface area contributed by atoms with Gasteiger partial charge in [0, 0.05) is 11.4 Å². The van der Waals surface area contributed by atoms with Gasteiger partial charge in [0.15, 0.2) is 6.29 Å². The van der Waals surface area contributed by atoms with Gasteiger partial charge in [-0.1, -0.05) is 23.7 Å². The minimum Gasteiger partial charge on any atom is -0.481 e. The van der Waals surface area contributed by atoms with Gasteiger partial charge in [-0.15, -0.1) is 0 Å². The van der Waals surface area contributed by atoms with Crippen LogP contribution in [0.15, 0.2) is 24.3 Å². The Morgan fingerprint density at radius 2 is 2.12 bits per heavy atom. The van der Waals surface area contributed by atoms with Crippen molar-refractivity contribution in [3.8, 4) is 0 Å². The Labute approximate surface area is 104 Å². The van der Waals surface area contributed by atoms with E-state index in [2.05, 4.69) is 0 Å². The molecule has 1 aromatic carbocycles. The van der Waals surface area contributed by atoms with Crippen LogP contribution in [0.25, 0.3) is 0 Å². The first-order valence-corrected chi connectivity index (χ1v) is 5.74. The first-order chi connectivity index (χ1) is 8.13. The van der Waals surface area contributed by atoms with Crippen LogP contribution < -0.4 is 0 Å². The molecule has 1 heterocycles. The lowest BCUT2D eigenvalue weighted by Crippen LogP contribution is -2.17. The van der Waals surface area contributed by atoms with Crippen molar-refractivity contribution in [1.29, 1.82) is 0 Å². The highest BCUT2D eigenvalue weighted by Crippen LogP contribution is 2.19. The number of benzene rings is 1. The van der Waals surface area contributed by atoms with Gasteiger partial charge < -0.3 is 14.6 Å². The summed E-state index contributed by atoms with van der Waals surface area (Å²) in [4.78, 5) is 10.5. The molecule has 0 aromatic heterocycles. The third-order valence-electron chi connectivity index (χ3n) is 2.53. The summed E-state index contributed by atoms with van der Waals surface area (Å²) < 4.78 is 10.9. The second-order valence-electron chi connectivity index (χ2n) is 3.95. The highest BCUT2D eigenvalue weighted by atomic mass is 35.5. The molecule has 1 N–H and O–H groups in total. The molecular formula is C12H13ClO4.